The summed E-state index contributed by atoms with van der Waals surface area (Å²) in [6, 6.07) is 8.95. The highest BCUT2D eigenvalue weighted by Gasteiger charge is 2.49. The summed E-state index contributed by atoms with van der Waals surface area (Å²) < 4.78 is 5.43. The van der Waals surface area contributed by atoms with E-state index in [0.29, 0.717) is 24.3 Å². The molecule has 0 aromatic heterocycles. The highest BCUT2D eigenvalue weighted by Crippen LogP contribution is 2.49. The number of nitrogens with zero attached hydrogens (tertiary/aromatic N) is 2. The largest absolute Gasteiger partial charge is 0.381 e. The SMILES string of the molecule is O=C(CCCCCN1CCOCC1)N[C@@H]1CCCC[C@@H]1C(=O)N1CC[C@@H]2[C@H](C3C=CC=CC3)Nc3ccccc3[C@@H]21. The van der Waals surface area contributed by atoms with Gasteiger partial charge in [0.05, 0.1) is 25.2 Å². The highest BCUT2D eigenvalue weighted by molar-refractivity contribution is 5.83. The van der Waals surface area contributed by atoms with Gasteiger partial charge < -0.3 is 20.3 Å². The fourth-order valence-electron chi connectivity index (χ4n) is 8.02. The van der Waals surface area contributed by atoms with E-state index in [1.165, 1.54) is 11.3 Å². The predicted octanol–water partition coefficient (Wildman–Crippen LogP) is 5.07. The van der Waals surface area contributed by atoms with Crippen molar-refractivity contribution in [3.05, 3.63) is 54.1 Å². The molecule has 1 aromatic carbocycles. The van der Waals surface area contributed by atoms with Gasteiger partial charge in [0.25, 0.3) is 0 Å². The summed E-state index contributed by atoms with van der Waals surface area (Å²) in [7, 11) is 0. The van der Waals surface area contributed by atoms with Gasteiger partial charge >= 0.3 is 0 Å². The zero-order valence-electron chi connectivity index (χ0n) is 24.5. The van der Waals surface area contributed by atoms with E-state index in [9.17, 15) is 9.59 Å². The molecule has 3 aliphatic heterocycles. The molecule has 7 heteroatoms. The number of likely N-dealkylation sites (tertiary alicyclic amines) is 1. The lowest BCUT2D eigenvalue weighted by Crippen LogP contribution is -2.51. The van der Waals surface area contributed by atoms with E-state index in [2.05, 4.69) is 69.0 Å². The average Bonchev–Trinajstić information content (AvgIpc) is 3.47. The molecule has 2 amide bonds. The maximum absolute atomic E-state index is 14.3. The number of hydrogen-bond donors (Lipinski definition) is 2. The van der Waals surface area contributed by atoms with E-state index >= 15 is 0 Å². The third kappa shape index (κ3) is 6.56. The summed E-state index contributed by atoms with van der Waals surface area (Å²) in [4.78, 5) is 31.9. The van der Waals surface area contributed by atoms with Crippen molar-refractivity contribution in [1.29, 1.82) is 0 Å². The molecule has 222 valence electrons. The Morgan fingerprint density at radius 2 is 1.83 bits per heavy atom. The van der Waals surface area contributed by atoms with Gasteiger partial charge in [-0.25, -0.2) is 0 Å². The van der Waals surface area contributed by atoms with Crippen LogP contribution in [-0.4, -0.2) is 73.1 Å². The van der Waals surface area contributed by atoms with Crippen molar-refractivity contribution in [3.63, 3.8) is 0 Å². The van der Waals surface area contributed by atoms with E-state index in [1.807, 2.05) is 0 Å². The molecule has 0 radical (unpaired) electrons. The first-order valence-corrected chi connectivity index (χ1v) is 16.3. The molecule has 1 aromatic rings. The molecule has 41 heavy (non-hydrogen) atoms. The normalized spacial score (nSPS) is 31.3. The van der Waals surface area contributed by atoms with Gasteiger partial charge in [0.2, 0.25) is 11.8 Å². The number of carbonyl (C=O) groups excluding carboxylic acids is 2. The Hall–Kier alpha value is -2.64. The van der Waals surface area contributed by atoms with Crippen molar-refractivity contribution in [2.75, 3.05) is 44.7 Å². The van der Waals surface area contributed by atoms with Gasteiger partial charge in [-0.05, 0) is 56.7 Å². The molecule has 3 fully saturated rings. The molecule has 2 N–H and O–H groups in total. The van der Waals surface area contributed by atoms with Crippen LogP contribution in [0.4, 0.5) is 5.69 Å². The molecule has 0 spiro atoms. The minimum Gasteiger partial charge on any atom is -0.381 e. The second kappa shape index (κ2) is 13.6. The summed E-state index contributed by atoms with van der Waals surface area (Å²) in [5.74, 6) is 1.08. The van der Waals surface area contributed by atoms with Crippen molar-refractivity contribution in [2.45, 2.75) is 82.3 Å². The number of amides is 2. The second-order valence-electron chi connectivity index (χ2n) is 12.7. The average molecular weight is 561 g/mol. The van der Waals surface area contributed by atoms with Crippen molar-refractivity contribution >= 4 is 17.5 Å². The first-order valence-electron chi connectivity index (χ1n) is 16.3. The Bertz CT molecular complexity index is 1110. The summed E-state index contributed by atoms with van der Waals surface area (Å²) in [6.45, 7) is 5.61. The number of anilines is 1. The van der Waals surface area contributed by atoms with E-state index in [0.717, 1.165) is 97.2 Å². The van der Waals surface area contributed by atoms with Crippen LogP contribution < -0.4 is 10.6 Å². The topological polar surface area (TPSA) is 73.9 Å². The number of benzene rings is 1. The van der Waals surface area contributed by atoms with Crippen LogP contribution in [0.1, 0.15) is 75.8 Å². The van der Waals surface area contributed by atoms with Crippen LogP contribution in [0.3, 0.4) is 0 Å². The fraction of sp³-hybridized carbons (Fsp3) is 0.647. The molecular weight excluding hydrogens is 512 g/mol. The van der Waals surface area contributed by atoms with Crippen LogP contribution in [0, 0.1) is 17.8 Å². The minimum absolute atomic E-state index is 0.0460. The number of fused-ring (bicyclic) bond motifs is 3. The van der Waals surface area contributed by atoms with Crippen LogP contribution in [0.2, 0.25) is 0 Å². The molecule has 0 bridgehead atoms. The molecule has 2 aliphatic carbocycles. The number of morpholine rings is 1. The molecule has 5 aliphatic rings. The fourth-order valence-corrected chi connectivity index (χ4v) is 8.02. The van der Waals surface area contributed by atoms with E-state index in [-0.39, 0.29) is 29.8 Å². The lowest BCUT2D eigenvalue weighted by atomic mass is 9.75. The number of ether oxygens (including phenoxy) is 1. The highest BCUT2D eigenvalue weighted by atomic mass is 16.5. The minimum atomic E-state index is -0.120. The van der Waals surface area contributed by atoms with Gasteiger partial charge in [-0.15, -0.1) is 0 Å². The van der Waals surface area contributed by atoms with Gasteiger partial charge in [0.15, 0.2) is 0 Å². The molecular formula is C34H48N4O3. The number of para-hydroxylation sites is 1. The Kier molecular flexibility index (Phi) is 9.42. The van der Waals surface area contributed by atoms with Gasteiger partial charge in [0, 0.05) is 55.7 Å². The third-order valence-corrected chi connectivity index (χ3v) is 10.2. The van der Waals surface area contributed by atoms with Gasteiger partial charge in [-0.2, -0.15) is 0 Å². The Morgan fingerprint density at radius 1 is 0.976 bits per heavy atom. The van der Waals surface area contributed by atoms with E-state index < -0.39 is 0 Å². The van der Waals surface area contributed by atoms with E-state index in [4.69, 9.17) is 4.74 Å². The summed E-state index contributed by atoms with van der Waals surface area (Å²) in [5, 5.41) is 7.19. The van der Waals surface area contributed by atoms with Crippen molar-refractivity contribution in [3.8, 4) is 0 Å². The predicted molar refractivity (Wildman–Crippen MR) is 162 cm³/mol. The summed E-state index contributed by atoms with van der Waals surface area (Å²) in [6.07, 6.45) is 18.5. The van der Waals surface area contributed by atoms with Crippen LogP contribution in [0.15, 0.2) is 48.6 Å². The number of nitrogens with one attached hydrogen (secondary N) is 2. The molecule has 1 saturated carbocycles. The zero-order valence-corrected chi connectivity index (χ0v) is 24.5. The van der Waals surface area contributed by atoms with Crippen LogP contribution >= 0.6 is 0 Å². The molecule has 6 rings (SSSR count). The first kappa shape index (κ1) is 28.5. The van der Waals surface area contributed by atoms with Crippen LogP contribution in [0.25, 0.3) is 0 Å². The monoisotopic (exact) mass is 560 g/mol. The maximum atomic E-state index is 14.3. The standard InChI is InChI=1S/C34H48N4O3/c39-31(17-5-2-10-19-37-21-23-41-24-22-37)35-30-16-9-7-14-27(30)34(40)38-20-18-28-32(25-11-3-1-4-12-25)36-29-15-8-6-13-26(29)33(28)38/h1,3-4,6,8,11,13,15,25,27-28,30,32-33,36H,2,5,7,9-10,12,14,16-24H2,(H,35,39)/t25?,27-,28+,30+,32-,33-/m0/s1. The number of rotatable bonds is 9. The van der Waals surface area contributed by atoms with Crippen molar-refractivity contribution in [2.24, 2.45) is 17.8 Å². The van der Waals surface area contributed by atoms with Crippen molar-refractivity contribution < 1.29 is 14.3 Å². The third-order valence-electron chi connectivity index (χ3n) is 10.2. The quantitative estimate of drug-likeness (QED) is 0.413. The number of hydrogen-bond acceptors (Lipinski definition) is 5. The lowest BCUT2D eigenvalue weighted by molar-refractivity contribution is -0.139. The van der Waals surface area contributed by atoms with Gasteiger partial charge in [0.1, 0.15) is 0 Å². The summed E-state index contributed by atoms with van der Waals surface area (Å²) >= 11 is 0. The molecule has 3 heterocycles. The number of unbranched alkanes of at least 4 members (excludes halogenated alkanes) is 2. The molecule has 7 nitrogen and oxygen atoms in total. The van der Waals surface area contributed by atoms with Crippen molar-refractivity contribution in [1.82, 2.24) is 15.1 Å². The first-order chi connectivity index (χ1) is 20.2. The Balaban J connectivity index is 1.07. The smallest absolute Gasteiger partial charge is 0.228 e. The van der Waals surface area contributed by atoms with Gasteiger partial charge in [-0.1, -0.05) is 61.8 Å². The van der Waals surface area contributed by atoms with Gasteiger partial charge in [-0.3, -0.25) is 14.5 Å². The van der Waals surface area contributed by atoms with Crippen LogP contribution in [-0.2, 0) is 14.3 Å². The molecule has 6 atom stereocenters. The number of carbonyl (C=O) groups is 2. The van der Waals surface area contributed by atoms with Crippen LogP contribution in [0.5, 0.6) is 0 Å². The second-order valence-corrected chi connectivity index (χ2v) is 12.7. The maximum Gasteiger partial charge on any atom is 0.228 e. The molecule has 2 saturated heterocycles. The summed E-state index contributed by atoms with van der Waals surface area (Å²) in [5.41, 5.74) is 2.42. The molecule has 1 unspecified atom stereocenters. The lowest BCUT2D eigenvalue weighted by Gasteiger charge is -2.44. The Labute approximate surface area is 245 Å². The number of allylic oxidation sites excluding steroid dienone is 3. The van der Waals surface area contributed by atoms with E-state index in [1.54, 1.807) is 0 Å². The Morgan fingerprint density at radius 3 is 2.68 bits per heavy atom. The zero-order chi connectivity index (χ0) is 28.0.